The molecule has 0 aromatic heterocycles. The molecule has 1 aliphatic carbocycles. The van der Waals surface area contributed by atoms with E-state index in [0.717, 1.165) is 25.4 Å². The van der Waals surface area contributed by atoms with Crippen LogP contribution in [-0.2, 0) is 0 Å². The van der Waals surface area contributed by atoms with E-state index in [1.807, 2.05) is 0 Å². The number of para-hydroxylation sites is 1. The summed E-state index contributed by atoms with van der Waals surface area (Å²) in [6.45, 7) is 2.95. The first-order valence-corrected chi connectivity index (χ1v) is 10.4. The first-order valence-electron chi connectivity index (χ1n) is 10.4. The summed E-state index contributed by atoms with van der Waals surface area (Å²) >= 11 is 0. The van der Waals surface area contributed by atoms with Crippen molar-refractivity contribution in [2.45, 2.75) is 50.4 Å². The third-order valence-corrected chi connectivity index (χ3v) is 6.25. The third kappa shape index (κ3) is 5.06. The molecule has 2 fully saturated rings. The molecule has 4 rings (SSSR count). The van der Waals surface area contributed by atoms with Crippen LogP contribution in [0.15, 0.2) is 54.6 Å². The molecule has 146 valence electrons. The topological polar surface area (TPSA) is 21.3 Å². The van der Waals surface area contributed by atoms with Crippen molar-refractivity contribution < 1.29 is 4.74 Å². The van der Waals surface area contributed by atoms with Gasteiger partial charge >= 0.3 is 0 Å². The van der Waals surface area contributed by atoms with E-state index in [1.54, 1.807) is 0 Å². The second kappa shape index (κ2) is 10.1. The number of hydrogen-bond acceptors (Lipinski definition) is 2. The quantitative estimate of drug-likeness (QED) is 0.688. The monoisotopic (exact) mass is 385 g/mol. The third-order valence-electron chi connectivity index (χ3n) is 6.25. The van der Waals surface area contributed by atoms with E-state index in [2.05, 4.69) is 59.9 Å². The maximum absolute atomic E-state index is 6.44. The smallest absolute Gasteiger partial charge is 0.122 e. The fourth-order valence-electron chi connectivity index (χ4n) is 4.80. The number of piperidine rings is 1. The van der Waals surface area contributed by atoms with Gasteiger partial charge in [-0.15, -0.1) is 12.4 Å². The van der Waals surface area contributed by atoms with Gasteiger partial charge in [0.25, 0.3) is 0 Å². The summed E-state index contributed by atoms with van der Waals surface area (Å²) in [5.74, 6) is 2.94. The molecule has 2 aliphatic rings. The van der Waals surface area contributed by atoms with Gasteiger partial charge in [0.2, 0.25) is 0 Å². The highest BCUT2D eigenvalue weighted by atomic mass is 35.5. The Kier molecular flexibility index (Phi) is 7.60. The van der Waals surface area contributed by atoms with E-state index in [1.165, 1.54) is 49.7 Å². The van der Waals surface area contributed by atoms with Crippen LogP contribution in [0, 0.1) is 5.92 Å². The van der Waals surface area contributed by atoms with Gasteiger partial charge in [-0.2, -0.15) is 0 Å². The lowest BCUT2D eigenvalue weighted by molar-refractivity contribution is 0.194. The van der Waals surface area contributed by atoms with E-state index < -0.39 is 0 Å². The van der Waals surface area contributed by atoms with Crippen LogP contribution in [0.5, 0.6) is 5.75 Å². The highest BCUT2D eigenvalue weighted by Crippen LogP contribution is 2.38. The highest BCUT2D eigenvalue weighted by molar-refractivity contribution is 5.85. The molecule has 1 saturated carbocycles. The Balaban J connectivity index is 0.00000210. The van der Waals surface area contributed by atoms with Gasteiger partial charge in [0.05, 0.1) is 6.61 Å². The lowest BCUT2D eigenvalue weighted by Gasteiger charge is -2.33. The number of hydrogen-bond donors (Lipinski definition) is 1. The molecule has 2 aromatic rings. The first-order chi connectivity index (χ1) is 12.9. The summed E-state index contributed by atoms with van der Waals surface area (Å²) in [5.41, 5.74) is 2.90. The average molecular weight is 386 g/mol. The summed E-state index contributed by atoms with van der Waals surface area (Å²) in [5, 5.41) is 3.57. The minimum Gasteiger partial charge on any atom is -0.493 e. The molecular weight excluding hydrogens is 354 g/mol. The SMILES string of the molecule is Cl.c1ccc([C@@H]2CCNC[C@@H]2COc2ccccc2C2CCCCC2)cc1. The van der Waals surface area contributed by atoms with Gasteiger partial charge in [0.15, 0.2) is 0 Å². The predicted octanol–water partition coefficient (Wildman–Crippen LogP) is 5.93. The van der Waals surface area contributed by atoms with Crippen LogP contribution in [0.4, 0.5) is 0 Å². The van der Waals surface area contributed by atoms with Crippen molar-refractivity contribution >= 4 is 12.4 Å². The maximum atomic E-state index is 6.44. The van der Waals surface area contributed by atoms with E-state index in [0.29, 0.717) is 17.8 Å². The molecule has 1 aliphatic heterocycles. The van der Waals surface area contributed by atoms with Gasteiger partial charge < -0.3 is 10.1 Å². The van der Waals surface area contributed by atoms with Gasteiger partial charge in [0, 0.05) is 12.5 Å². The standard InChI is InChI=1S/C24H31NO.ClH/c1-3-9-19(10-4-1)22-15-16-25-17-21(22)18-26-24-14-8-7-13-23(24)20-11-5-2-6-12-20;/h1,3-4,7-10,13-14,20-22,25H,2,5-6,11-12,15-18H2;1H/t21-,22+;/m1./s1. The van der Waals surface area contributed by atoms with E-state index in [9.17, 15) is 0 Å². The summed E-state index contributed by atoms with van der Waals surface area (Å²) in [4.78, 5) is 0. The van der Waals surface area contributed by atoms with Crippen molar-refractivity contribution in [3.8, 4) is 5.75 Å². The van der Waals surface area contributed by atoms with Crippen molar-refractivity contribution in [1.82, 2.24) is 5.32 Å². The van der Waals surface area contributed by atoms with Crippen molar-refractivity contribution in [3.05, 3.63) is 65.7 Å². The van der Waals surface area contributed by atoms with Gasteiger partial charge in [-0.05, 0) is 54.8 Å². The summed E-state index contributed by atoms with van der Waals surface area (Å²) in [6.07, 6.45) is 7.95. The second-order valence-corrected chi connectivity index (χ2v) is 7.95. The molecule has 0 amide bonds. The van der Waals surface area contributed by atoms with Gasteiger partial charge in [0.1, 0.15) is 5.75 Å². The van der Waals surface area contributed by atoms with Crippen molar-refractivity contribution in [2.75, 3.05) is 19.7 Å². The van der Waals surface area contributed by atoms with E-state index in [4.69, 9.17) is 4.74 Å². The molecule has 1 N–H and O–H groups in total. The van der Waals surface area contributed by atoms with Crippen LogP contribution in [-0.4, -0.2) is 19.7 Å². The summed E-state index contributed by atoms with van der Waals surface area (Å²) < 4.78 is 6.44. The van der Waals surface area contributed by atoms with E-state index in [-0.39, 0.29) is 12.4 Å². The number of rotatable bonds is 5. The first kappa shape index (κ1) is 20.2. The number of benzene rings is 2. The molecule has 0 bridgehead atoms. The zero-order chi connectivity index (χ0) is 17.6. The molecule has 0 spiro atoms. The molecule has 27 heavy (non-hydrogen) atoms. The average Bonchev–Trinajstić information content (AvgIpc) is 2.74. The Morgan fingerprint density at radius 2 is 1.59 bits per heavy atom. The zero-order valence-electron chi connectivity index (χ0n) is 16.1. The van der Waals surface area contributed by atoms with Crippen LogP contribution in [0.2, 0.25) is 0 Å². The molecule has 2 nitrogen and oxygen atoms in total. The lowest BCUT2D eigenvalue weighted by Crippen LogP contribution is -2.38. The van der Waals surface area contributed by atoms with Crippen LogP contribution < -0.4 is 10.1 Å². The molecule has 2 aromatic carbocycles. The second-order valence-electron chi connectivity index (χ2n) is 7.95. The Bertz CT molecular complexity index is 684. The molecule has 3 heteroatoms. The van der Waals surface area contributed by atoms with Crippen LogP contribution in [0.3, 0.4) is 0 Å². The minimum atomic E-state index is 0. The predicted molar refractivity (Wildman–Crippen MR) is 115 cm³/mol. The molecule has 1 saturated heterocycles. The fourth-order valence-corrected chi connectivity index (χ4v) is 4.80. The molecule has 1 heterocycles. The summed E-state index contributed by atoms with van der Waals surface area (Å²) in [6, 6.07) is 19.7. The van der Waals surface area contributed by atoms with Crippen LogP contribution >= 0.6 is 12.4 Å². The van der Waals surface area contributed by atoms with E-state index >= 15 is 0 Å². The molecular formula is C24H32ClNO. The minimum absolute atomic E-state index is 0. The van der Waals surface area contributed by atoms with Gasteiger partial charge in [-0.25, -0.2) is 0 Å². The fraction of sp³-hybridized carbons (Fsp3) is 0.500. The summed E-state index contributed by atoms with van der Waals surface area (Å²) in [7, 11) is 0. The molecule has 0 radical (unpaired) electrons. The Hall–Kier alpha value is -1.51. The zero-order valence-corrected chi connectivity index (χ0v) is 16.9. The molecule has 2 atom stereocenters. The number of nitrogens with one attached hydrogen (secondary N) is 1. The largest absolute Gasteiger partial charge is 0.493 e. The van der Waals surface area contributed by atoms with Crippen molar-refractivity contribution in [2.24, 2.45) is 5.92 Å². The number of ether oxygens (including phenoxy) is 1. The van der Waals surface area contributed by atoms with Crippen LogP contribution in [0.1, 0.15) is 61.5 Å². The Morgan fingerprint density at radius 1 is 0.852 bits per heavy atom. The van der Waals surface area contributed by atoms with Crippen molar-refractivity contribution in [1.29, 1.82) is 0 Å². The number of halogens is 1. The van der Waals surface area contributed by atoms with Gasteiger partial charge in [-0.1, -0.05) is 67.8 Å². The van der Waals surface area contributed by atoms with Crippen molar-refractivity contribution in [3.63, 3.8) is 0 Å². The maximum Gasteiger partial charge on any atom is 0.122 e. The highest BCUT2D eigenvalue weighted by Gasteiger charge is 2.27. The molecule has 0 unspecified atom stereocenters. The van der Waals surface area contributed by atoms with Gasteiger partial charge in [-0.3, -0.25) is 0 Å². The normalized spacial score (nSPS) is 23.4. The lowest BCUT2D eigenvalue weighted by atomic mass is 9.81. The Labute approximate surface area is 170 Å². The Morgan fingerprint density at radius 3 is 2.41 bits per heavy atom. The van der Waals surface area contributed by atoms with Crippen LogP contribution in [0.25, 0.3) is 0 Å².